The second kappa shape index (κ2) is 28.4. The van der Waals surface area contributed by atoms with Gasteiger partial charge in [0.1, 0.15) is 42.0 Å². The Bertz CT molecular complexity index is 2520. The topological polar surface area (TPSA) is 363 Å². The summed E-state index contributed by atoms with van der Waals surface area (Å²) < 4.78 is 31.7. The van der Waals surface area contributed by atoms with Gasteiger partial charge in [-0.2, -0.15) is 13.2 Å². The van der Waals surface area contributed by atoms with Gasteiger partial charge in [-0.15, -0.1) is 0 Å². The fourth-order valence-electron chi connectivity index (χ4n) is 7.18. The number of carboxylic acids is 1. The van der Waals surface area contributed by atoms with Crippen molar-refractivity contribution in [3.63, 3.8) is 0 Å². The zero-order chi connectivity index (χ0) is 53.8. The Morgan fingerprint density at radius 2 is 1.36 bits per heavy atom. The molecule has 8 atom stereocenters. The molecule has 396 valence electrons. The third-order valence-corrected chi connectivity index (χ3v) is 13.5. The maximum Gasteiger partial charge on any atom is 0.490 e. The number of hydrogen-bond acceptors (Lipinski definition) is 14. The molecule has 0 spiro atoms. The molecule has 26 heteroatoms. The SMILES string of the molecule is CC(O)C(NC(=O)C1CSSCC(NC(=O)C(N)Cc2ccccc2)C(=O)NC(Cc2ccc(O)cc2)C(=O)NC(Cc2c[nH]c3ccccc23)C(=O)NC(CCCCN)C(=O)N1)C(N)=O.O=C(O)C(F)(F)F. The predicted octanol–water partition coefficient (Wildman–Crippen LogP) is 0.161. The van der Waals surface area contributed by atoms with Crippen LogP contribution in [0, 0.1) is 0 Å². The van der Waals surface area contributed by atoms with Crippen LogP contribution in [-0.2, 0) is 57.6 Å². The van der Waals surface area contributed by atoms with Crippen molar-refractivity contribution >= 4 is 79.8 Å². The molecular formula is C47H59F3N10O11S2. The van der Waals surface area contributed by atoms with Crippen molar-refractivity contribution in [1.29, 1.82) is 0 Å². The first-order chi connectivity index (χ1) is 34.6. The first-order valence-electron chi connectivity index (χ1n) is 22.7. The molecule has 16 N–H and O–H groups in total. The molecule has 3 aromatic carbocycles. The molecule has 1 saturated heterocycles. The van der Waals surface area contributed by atoms with E-state index >= 15 is 0 Å². The van der Waals surface area contributed by atoms with Gasteiger partial charge in [-0.05, 0) is 74.0 Å². The number of aliphatic carboxylic acids is 1. The number of amides is 7. The van der Waals surface area contributed by atoms with E-state index in [2.05, 4.69) is 36.9 Å². The number of phenols is 1. The molecule has 1 aromatic heterocycles. The molecular weight excluding hydrogens is 1000 g/mol. The standard InChI is InChI=1S/C45H58N10O9S2.C2HF3O2/c1-25(56)38(39(48)58)55-45(64)37-24-66-65-23-36(53-40(59)31(47)19-26-9-3-2-4-10-26)44(63)51-34(20-27-14-16-29(57)17-15-27)42(61)52-35(21-28-22-49-32-12-6-5-11-30(28)32)43(62)50-33(41(60)54-37)13-7-8-18-46;3-2(4,5)1(6)7/h2-6,9-12,14-17,22,25,31,33-38,49,56-57H,7-8,13,18-21,23-24,46-47H2,1H3,(H2,48,58)(H,50,62)(H,51,63)(H,52,61)(H,53,59)(H,54,60)(H,55,64);(H,6,7). The van der Waals surface area contributed by atoms with Crippen LogP contribution in [0.3, 0.4) is 0 Å². The highest BCUT2D eigenvalue weighted by molar-refractivity contribution is 8.76. The van der Waals surface area contributed by atoms with E-state index in [4.69, 9.17) is 27.1 Å². The van der Waals surface area contributed by atoms with E-state index in [1.54, 1.807) is 42.6 Å². The number of benzene rings is 3. The highest BCUT2D eigenvalue weighted by Crippen LogP contribution is 2.25. The van der Waals surface area contributed by atoms with E-state index < -0.39 is 102 Å². The number of alkyl halides is 3. The summed E-state index contributed by atoms with van der Waals surface area (Å²) in [4.78, 5) is 109. The van der Waals surface area contributed by atoms with Crippen LogP contribution in [0.2, 0.25) is 0 Å². The molecule has 1 aliphatic rings. The Morgan fingerprint density at radius 1 is 0.781 bits per heavy atom. The molecule has 0 saturated carbocycles. The molecule has 21 nitrogen and oxygen atoms in total. The number of phenolic OH excluding ortho intramolecular Hbond substituents is 1. The van der Waals surface area contributed by atoms with Gasteiger partial charge in [-0.1, -0.05) is 82.3 Å². The monoisotopic (exact) mass is 1060 g/mol. The first-order valence-corrected chi connectivity index (χ1v) is 25.2. The molecule has 7 amide bonds. The summed E-state index contributed by atoms with van der Waals surface area (Å²) in [6.45, 7) is 1.55. The van der Waals surface area contributed by atoms with E-state index in [9.17, 15) is 56.9 Å². The Kier molecular flexibility index (Phi) is 22.8. The van der Waals surface area contributed by atoms with Gasteiger partial charge in [0.05, 0.1) is 12.1 Å². The molecule has 5 rings (SSSR count). The number of aromatic nitrogens is 1. The summed E-state index contributed by atoms with van der Waals surface area (Å²) in [6, 6.07) is 13.2. The fourth-order valence-corrected chi connectivity index (χ4v) is 9.51. The van der Waals surface area contributed by atoms with Gasteiger partial charge >= 0.3 is 12.1 Å². The molecule has 1 aliphatic heterocycles. The van der Waals surface area contributed by atoms with Gasteiger partial charge in [0.2, 0.25) is 41.4 Å². The van der Waals surface area contributed by atoms with Crippen LogP contribution in [0.4, 0.5) is 13.2 Å². The lowest BCUT2D eigenvalue weighted by Crippen LogP contribution is -2.61. The van der Waals surface area contributed by atoms with Crippen LogP contribution in [0.15, 0.2) is 85.1 Å². The number of carbonyl (C=O) groups excluding carboxylic acids is 7. The minimum Gasteiger partial charge on any atom is -0.508 e. The second-order valence-electron chi connectivity index (χ2n) is 16.8. The largest absolute Gasteiger partial charge is 0.508 e. The number of hydrogen-bond donors (Lipinski definition) is 13. The van der Waals surface area contributed by atoms with Crippen molar-refractivity contribution in [3.8, 4) is 5.75 Å². The number of rotatable bonds is 16. The van der Waals surface area contributed by atoms with Crippen molar-refractivity contribution in [2.75, 3.05) is 18.1 Å². The number of aliphatic hydroxyl groups is 1. The van der Waals surface area contributed by atoms with Crippen molar-refractivity contribution in [3.05, 3.63) is 102 Å². The number of carbonyl (C=O) groups is 8. The van der Waals surface area contributed by atoms with E-state index in [-0.39, 0.29) is 42.9 Å². The minimum absolute atomic E-state index is 0.0267. The third-order valence-electron chi connectivity index (χ3n) is 11.1. The number of unbranched alkanes of at least 4 members (excludes halogenated alkanes) is 1. The number of fused-ring (bicyclic) bond motifs is 1. The lowest BCUT2D eigenvalue weighted by atomic mass is 10.0. The molecule has 2 heterocycles. The van der Waals surface area contributed by atoms with Crippen molar-refractivity contribution in [1.82, 2.24) is 36.9 Å². The average molecular weight is 1060 g/mol. The van der Waals surface area contributed by atoms with Crippen LogP contribution in [-0.4, -0.2) is 140 Å². The third kappa shape index (κ3) is 18.9. The summed E-state index contributed by atoms with van der Waals surface area (Å²) in [7, 11) is 2.10. The normalized spacial score (nSPS) is 20.5. The molecule has 8 unspecified atom stereocenters. The number of para-hydroxylation sites is 1. The number of nitrogens with two attached hydrogens (primary N) is 3. The first kappa shape index (κ1) is 58.7. The summed E-state index contributed by atoms with van der Waals surface area (Å²) >= 11 is 0. The fraction of sp³-hybridized carbons (Fsp3) is 0.404. The Morgan fingerprint density at radius 3 is 1.97 bits per heavy atom. The van der Waals surface area contributed by atoms with Crippen LogP contribution < -0.4 is 49.1 Å². The van der Waals surface area contributed by atoms with E-state index in [0.717, 1.165) is 38.1 Å². The molecule has 0 bridgehead atoms. The Hall–Kier alpha value is -6.87. The predicted molar refractivity (Wildman–Crippen MR) is 266 cm³/mol. The van der Waals surface area contributed by atoms with Crippen LogP contribution in [0.5, 0.6) is 5.75 Å². The lowest BCUT2D eigenvalue weighted by molar-refractivity contribution is -0.192. The number of aromatic hydroxyl groups is 1. The minimum atomic E-state index is -5.08. The van der Waals surface area contributed by atoms with Crippen LogP contribution >= 0.6 is 21.6 Å². The number of aliphatic hydroxyl groups excluding tert-OH is 1. The van der Waals surface area contributed by atoms with Gasteiger partial charge < -0.3 is 69.4 Å². The zero-order valence-corrected chi connectivity index (χ0v) is 41.0. The Labute approximate surface area is 424 Å². The van der Waals surface area contributed by atoms with Crippen LogP contribution in [0.25, 0.3) is 10.9 Å². The number of nitrogens with one attached hydrogen (secondary N) is 7. The maximum atomic E-state index is 14.6. The van der Waals surface area contributed by atoms with Gasteiger partial charge in [0.25, 0.3) is 0 Å². The summed E-state index contributed by atoms with van der Waals surface area (Å²) in [5.41, 5.74) is 20.3. The van der Waals surface area contributed by atoms with E-state index in [1.165, 1.54) is 19.1 Å². The highest BCUT2D eigenvalue weighted by atomic mass is 33.1. The smallest absolute Gasteiger partial charge is 0.490 e. The van der Waals surface area contributed by atoms with Gasteiger partial charge in [0, 0.05) is 41.4 Å². The van der Waals surface area contributed by atoms with Gasteiger partial charge in [0.15, 0.2) is 0 Å². The number of aromatic amines is 1. The Balaban J connectivity index is 0.00000153. The number of H-pyrrole nitrogens is 1. The van der Waals surface area contributed by atoms with E-state index in [0.29, 0.717) is 30.5 Å². The molecule has 73 heavy (non-hydrogen) atoms. The summed E-state index contributed by atoms with van der Waals surface area (Å²) in [5.74, 6) is -8.69. The van der Waals surface area contributed by atoms with Crippen molar-refractivity contribution < 1.29 is 66.8 Å². The molecule has 0 radical (unpaired) electrons. The number of primary amides is 1. The van der Waals surface area contributed by atoms with Crippen LogP contribution in [0.1, 0.15) is 42.9 Å². The van der Waals surface area contributed by atoms with Crippen molar-refractivity contribution in [2.45, 2.75) is 100 Å². The molecule has 4 aromatic rings. The number of halogens is 3. The maximum absolute atomic E-state index is 14.6. The lowest BCUT2D eigenvalue weighted by Gasteiger charge is -2.27. The number of carboxylic acid groups (broad SMARTS) is 1. The van der Waals surface area contributed by atoms with E-state index in [1.807, 2.05) is 30.3 Å². The molecule has 1 fully saturated rings. The van der Waals surface area contributed by atoms with Crippen molar-refractivity contribution in [2.24, 2.45) is 17.2 Å². The molecule has 0 aliphatic carbocycles. The van der Waals surface area contributed by atoms with Gasteiger partial charge in [-0.25, -0.2) is 4.79 Å². The highest BCUT2D eigenvalue weighted by Gasteiger charge is 2.39. The second-order valence-corrected chi connectivity index (χ2v) is 19.4. The zero-order valence-electron chi connectivity index (χ0n) is 39.4. The summed E-state index contributed by atoms with van der Waals surface area (Å²) in [6.07, 6.45) is -3.81. The quantitative estimate of drug-likeness (QED) is 0.0525. The summed E-state index contributed by atoms with van der Waals surface area (Å²) in [5, 5.41) is 44.2. The van der Waals surface area contributed by atoms with Gasteiger partial charge in [-0.3, -0.25) is 33.6 Å². The average Bonchev–Trinajstić information content (AvgIpc) is 3.75.